The SMILES string of the molecule is CC(C)(C)NS(=O)(=O)c1cccc(NC(=O)c2ccc3c(c2)CCO3)c1. The Morgan fingerprint density at radius 3 is 2.62 bits per heavy atom. The van der Waals surface area contributed by atoms with E-state index in [0.717, 1.165) is 17.7 Å². The van der Waals surface area contributed by atoms with Gasteiger partial charge in [0.15, 0.2) is 0 Å². The fourth-order valence-electron chi connectivity index (χ4n) is 2.73. The monoisotopic (exact) mass is 374 g/mol. The van der Waals surface area contributed by atoms with Crippen LogP contribution in [0.5, 0.6) is 5.75 Å². The molecule has 0 aliphatic carbocycles. The molecule has 0 fully saturated rings. The van der Waals surface area contributed by atoms with Gasteiger partial charge in [-0.2, -0.15) is 0 Å². The van der Waals surface area contributed by atoms with Crippen LogP contribution < -0.4 is 14.8 Å². The Labute approximate surface area is 153 Å². The largest absolute Gasteiger partial charge is 0.493 e. The summed E-state index contributed by atoms with van der Waals surface area (Å²) in [4.78, 5) is 12.6. The number of hydrogen-bond acceptors (Lipinski definition) is 4. The summed E-state index contributed by atoms with van der Waals surface area (Å²) in [6.07, 6.45) is 0.780. The molecule has 2 aromatic carbocycles. The molecule has 0 aromatic heterocycles. The first-order chi connectivity index (χ1) is 12.1. The summed E-state index contributed by atoms with van der Waals surface area (Å²) in [5.41, 5.74) is 1.34. The number of hydrogen-bond donors (Lipinski definition) is 2. The van der Waals surface area contributed by atoms with Crippen molar-refractivity contribution in [3.05, 3.63) is 53.6 Å². The summed E-state index contributed by atoms with van der Waals surface area (Å²) >= 11 is 0. The molecule has 3 rings (SSSR count). The second-order valence-electron chi connectivity index (χ2n) is 7.26. The number of anilines is 1. The van der Waals surface area contributed by atoms with Crippen LogP contribution in [-0.2, 0) is 16.4 Å². The third-order valence-corrected chi connectivity index (χ3v) is 5.55. The van der Waals surface area contributed by atoms with Crippen LogP contribution in [0.4, 0.5) is 5.69 Å². The van der Waals surface area contributed by atoms with E-state index in [1.807, 2.05) is 0 Å². The number of carbonyl (C=O) groups is 1. The molecule has 6 nitrogen and oxygen atoms in total. The van der Waals surface area contributed by atoms with E-state index in [0.29, 0.717) is 17.9 Å². The van der Waals surface area contributed by atoms with Gasteiger partial charge in [0, 0.05) is 23.2 Å². The summed E-state index contributed by atoms with van der Waals surface area (Å²) in [6, 6.07) is 11.5. The first kappa shape index (κ1) is 18.4. The Hall–Kier alpha value is -2.38. The molecule has 26 heavy (non-hydrogen) atoms. The quantitative estimate of drug-likeness (QED) is 0.862. The van der Waals surface area contributed by atoms with Crippen LogP contribution in [0.3, 0.4) is 0 Å². The first-order valence-electron chi connectivity index (χ1n) is 8.35. The van der Waals surface area contributed by atoms with Gasteiger partial charge >= 0.3 is 0 Å². The van der Waals surface area contributed by atoms with Crippen molar-refractivity contribution in [1.82, 2.24) is 4.72 Å². The minimum Gasteiger partial charge on any atom is -0.493 e. The van der Waals surface area contributed by atoms with Crippen molar-refractivity contribution in [2.75, 3.05) is 11.9 Å². The van der Waals surface area contributed by atoms with Crippen LogP contribution in [-0.4, -0.2) is 26.5 Å². The van der Waals surface area contributed by atoms with Gasteiger partial charge in [-0.25, -0.2) is 13.1 Å². The van der Waals surface area contributed by atoms with Crippen molar-refractivity contribution < 1.29 is 17.9 Å². The van der Waals surface area contributed by atoms with Crippen LogP contribution in [0.15, 0.2) is 47.4 Å². The fourth-order valence-corrected chi connectivity index (χ4v) is 4.20. The molecular formula is C19H22N2O4S. The molecule has 0 saturated carbocycles. The summed E-state index contributed by atoms with van der Waals surface area (Å²) in [5.74, 6) is 0.515. The lowest BCUT2D eigenvalue weighted by Crippen LogP contribution is -2.40. The number of carbonyl (C=O) groups excluding carboxylic acids is 1. The normalized spacial score (nSPS) is 13.8. The summed E-state index contributed by atoms with van der Waals surface area (Å²) in [6.45, 7) is 5.94. The standard InChI is InChI=1S/C19H22N2O4S/c1-19(2,3)21-26(23,24)16-6-4-5-15(12-16)20-18(22)14-7-8-17-13(11-14)9-10-25-17/h4-8,11-12,21H,9-10H2,1-3H3,(H,20,22). The van der Waals surface area contributed by atoms with Crippen molar-refractivity contribution in [1.29, 1.82) is 0 Å². The minimum atomic E-state index is -3.67. The van der Waals surface area contributed by atoms with Crippen LogP contribution in [0.25, 0.3) is 0 Å². The lowest BCUT2D eigenvalue weighted by Gasteiger charge is -2.20. The van der Waals surface area contributed by atoms with Gasteiger partial charge < -0.3 is 10.1 Å². The first-order valence-corrected chi connectivity index (χ1v) is 9.83. The summed E-state index contributed by atoms with van der Waals surface area (Å²) in [7, 11) is -3.67. The maximum absolute atomic E-state index is 12.5. The van der Waals surface area contributed by atoms with Gasteiger partial charge in [0.2, 0.25) is 10.0 Å². The molecule has 0 atom stereocenters. The zero-order chi connectivity index (χ0) is 18.9. The van der Waals surface area contributed by atoms with Crippen LogP contribution in [0, 0.1) is 0 Å². The molecule has 2 aromatic rings. The predicted octanol–water partition coefficient (Wildman–Crippen LogP) is 2.95. The fraction of sp³-hybridized carbons (Fsp3) is 0.316. The molecule has 1 aliphatic rings. The van der Waals surface area contributed by atoms with E-state index < -0.39 is 15.6 Å². The molecular weight excluding hydrogens is 352 g/mol. The van der Waals surface area contributed by atoms with Gasteiger partial charge in [-0.3, -0.25) is 4.79 Å². The maximum Gasteiger partial charge on any atom is 0.255 e. The number of nitrogens with one attached hydrogen (secondary N) is 2. The Bertz CT molecular complexity index is 946. The molecule has 0 saturated heterocycles. The van der Waals surface area contributed by atoms with E-state index >= 15 is 0 Å². The molecule has 0 bridgehead atoms. The number of sulfonamides is 1. The lowest BCUT2D eigenvalue weighted by molar-refractivity contribution is 0.102. The molecule has 1 heterocycles. The smallest absolute Gasteiger partial charge is 0.255 e. The van der Waals surface area contributed by atoms with Crippen LogP contribution in [0.2, 0.25) is 0 Å². The van der Waals surface area contributed by atoms with E-state index in [1.54, 1.807) is 51.1 Å². The highest BCUT2D eigenvalue weighted by Gasteiger charge is 2.22. The molecule has 2 N–H and O–H groups in total. The molecule has 0 unspecified atom stereocenters. The van der Waals surface area contributed by atoms with E-state index in [4.69, 9.17) is 4.74 Å². The van der Waals surface area contributed by atoms with Crippen molar-refractivity contribution in [3.8, 4) is 5.75 Å². The molecule has 1 aliphatic heterocycles. The van der Waals surface area contributed by atoms with E-state index in [2.05, 4.69) is 10.0 Å². The van der Waals surface area contributed by atoms with Crippen molar-refractivity contribution >= 4 is 21.6 Å². The van der Waals surface area contributed by atoms with Gasteiger partial charge in [0.1, 0.15) is 5.75 Å². The zero-order valence-electron chi connectivity index (χ0n) is 15.0. The third kappa shape index (κ3) is 4.23. The molecule has 1 amide bonds. The molecule has 138 valence electrons. The van der Waals surface area contributed by atoms with Crippen molar-refractivity contribution in [2.24, 2.45) is 0 Å². The highest BCUT2D eigenvalue weighted by atomic mass is 32.2. The number of rotatable bonds is 4. The van der Waals surface area contributed by atoms with Gasteiger partial charge in [0.25, 0.3) is 5.91 Å². The van der Waals surface area contributed by atoms with Gasteiger partial charge in [0.05, 0.1) is 11.5 Å². The summed E-state index contributed by atoms with van der Waals surface area (Å²) in [5, 5.41) is 2.75. The van der Waals surface area contributed by atoms with Crippen molar-refractivity contribution in [2.45, 2.75) is 37.6 Å². The van der Waals surface area contributed by atoms with Crippen LogP contribution >= 0.6 is 0 Å². The predicted molar refractivity (Wildman–Crippen MR) is 100 cm³/mol. The molecule has 0 radical (unpaired) electrons. The van der Waals surface area contributed by atoms with E-state index in [-0.39, 0.29) is 10.8 Å². The number of ether oxygens (including phenoxy) is 1. The molecule has 0 spiro atoms. The Morgan fingerprint density at radius 2 is 1.88 bits per heavy atom. The average molecular weight is 374 g/mol. The zero-order valence-corrected chi connectivity index (χ0v) is 15.8. The van der Waals surface area contributed by atoms with E-state index in [9.17, 15) is 13.2 Å². The third-order valence-electron chi connectivity index (χ3n) is 3.79. The summed E-state index contributed by atoms with van der Waals surface area (Å²) < 4.78 is 32.9. The van der Waals surface area contributed by atoms with Gasteiger partial charge in [-0.05, 0) is 62.7 Å². The van der Waals surface area contributed by atoms with E-state index in [1.165, 1.54) is 12.1 Å². The highest BCUT2D eigenvalue weighted by molar-refractivity contribution is 7.89. The maximum atomic E-state index is 12.5. The van der Waals surface area contributed by atoms with Gasteiger partial charge in [-0.1, -0.05) is 6.07 Å². The number of benzene rings is 2. The average Bonchev–Trinajstić information content (AvgIpc) is 3.00. The Balaban J connectivity index is 1.79. The minimum absolute atomic E-state index is 0.104. The Kier molecular flexibility index (Phi) is 4.77. The number of amides is 1. The topological polar surface area (TPSA) is 84.5 Å². The second kappa shape index (κ2) is 6.74. The second-order valence-corrected chi connectivity index (χ2v) is 8.94. The Morgan fingerprint density at radius 1 is 1.12 bits per heavy atom. The lowest BCUT2D eigenvalue weighted by atomic mass is 10.1. The number of fused-ring (bicyclic) bond motifs is 1. The van der Waals surface area contributed by atoms with Crippen molar-refractivity contribution in [3.63, 3.8) is 0 Å². The van der Waals surface area contributed by atoms with Crippen LogP contribution in [0.1, 0.15) is 36.7 Å². The van der Waals surface area contributed by atoms with Gasteiger partial charge in [-0.15, -0.1) is 0 Å². The molecule has 7 heteroatoms. The highest BCUT2D eigenvalue weighted by Crippen LogP contribution is 2.26.